The first-order valence-electron chi connectivity index (χ1n) is 7.67. The molecule has 0 spiro atoms. The van der Waals surface area contributed by atoms with Crippen LogP contribution in [0.1, 0.15) is 29.8 Å². The van der Waals surface area contributed by atoms with Gasteiger partial charge in [0.2, 0.25) is 0 Å². The van der Waals surface area contributed by atoms with Gasteiger partial charge in [-0.05, 0) is 49.7 Å². The zero-order chi connectivity index (χ0) is 16.7. The molecule has 5 heteroatoms. The molecule has 0 saturated heterocycles. The summed E-state index contributed by atoms with van der Waals surface area (Å²) in [6, 6.07) is 13.1. The van der Waals surface area contributed by atoms with Crippen LogP contribution in [0.3, 0.4) is 0 Å². The van der Waals surface area contributed by atoms with Crippen molar-refractivity contribution >= 4 is 23.2 Å². The number of hydrogen-bond donors (Lipinski definition) is 2. The number of nitrogens with one attached hydrogen (secondary N) is 2. The number of anilines is 1. The molecule has 2 aromatic carbocycles. The predicted molar refractivity (Wildman–Crippen MR) is 94.4 cm³/mol. The number of carbonyl (C=O) groups excluding carboxylic acids is 1. The molecule has 23 heavy (non-hydrogen) atoms. The summed E-state index contributed by atoms with van der Waals surface area (Å²) >= 11 is 6.00. The second kappa shape index (κ2) is 8.44. The van der Waals surface area contributed by atoms with Crippen LogP contribution in [0, 0.1) is 0 Å². The van der Waals surface area contributed by atoms with Gasteiger partial charge in [-0.15, -0.1) is 0 Å². The summed E-state index contributed by atoms with van der Waals surface area (Å²) < 4.78 is 5.43. The van der Waals surface area contributed by atoms with Crippen molar-refractivity contribution in [2.45, 2.75) is 20.4 Å². The molecule has 4 nitrogen and oxygen atoms in total. The Morgan fingerprint density at radius 3 is 2.52 bits per heavy atom. The Balaban J connectivity index is 2.09. The van der Waals surface area contributed by atoms with Crippen LogP contribution in [0.2, 0.25) is 5.02 Å². The lowest BCUT2D eigenvalue weighted by Crippen LogP contribution is -2.23. The van der Waals surface area contributed by atoms with Gasteiger partial charge in [-0.25, -0.2) is 0 Å². The Labute approximate surface area is 141 Å². The third-order valence-corrected chi connectivity index (χ3v) is 3.52. The van der Waals surface area contributed by atoms with E-state index < -0.39 is 0 Å². The zero-order valence-corrected chi connectivity index (χ0v) is 14.1. The summed E-state index contributed by atoms with van der Waals surface area (Å²) in [5.74, 6) is 0.718. The highest BCUT2D eigenvalue weighted by Crippen LogP contribution is 2.22. The Morgan fingerprint density at radius 2 is 1.87 bits per heavy atom. The van der Waals surface area contributed by atoms with Crippen molar-refractivity contribution < 1.29 is 9.53 Å². The fourth-order valence-corrected chi connectivity index (χ4v) is 2.35. The van der Waals surface area contributed by atoms with Gasteiger partial charge in [0.25, 0.3) is 5.91 Å². The number of amides is 1. The van der Waals surface area contributed by atoms with E-state index in [4.69, 9.17) is 16.3 Å². The molecule has 0 bridgehead atoms. The van der Waals surface area contributed by atoms with E-state index >= 15 is 0 Å². The highest BCUT2D eigenvalue weighted by atomic mass is 35.5. The summed E-state index contributed by atoms with van der Waals surface area (Å²) in [5, 5.41) is 6.62. The molecular weight excluding hydrogens is 312 g/mol. The lowest BCUT2D eigenvalue weighted by Gasteiger charge is -2.13. The summed E-state index contributed by atoms with van der Waals surface area (Å²) in [7, 11) is 0. The van der Waals surface area contributed by atoms with Crippen LogP contribution in [0.5, 0.6) is 5.75 Å². The van der Waals surface area contributed by atoms with Crippen molar-refractivity contribution in [1.29, 1.82) is 0 Å². The van der Waals surface area contributed by atoms with Gasteiger partial charge < -0.3 is 15.4 Å². The normalized spacial score (nSPS) is 10.2. The van der Waals surface area contributed by atoms with Crippen LogP contribution in [-0.2, 0) is 6.54 Å². The van der Waals surface area contributed by atoms with Gasteiger partial charge in [0, 0.05) is 23.8 Å². The van der Waals surface area contributed by atoms with Gasteiger partial charge in [0.05, 0.1) is 12.2 Å². The van der Waals surface area contributed by atoms with Crippen molar-refractivity contribution in [1.82, 2.24) is 5.32 Å². The maximum absolute atomic E-state index is 12.1. The molecule has 2 rings (SSSR count). The fourth-order valence-electron chi connectivity index (χ4n) is 2.18. The van der Waals surface area contributed by atoms with Gasteiger partial charge in [0.1, 0.15) is 5.75 Å². The van der Waals surface area contributed by atoms with Crippen molar-refractivity contribution in [3.05, 3.63) is 58.6 Å². The van der Waals surface area contributed by atoms with Crippen molar-refractivity contribution in [3.8, 4) is 5.75 Å². The quantitative estimate of drug-likeness (QED) is 0.802. The van der Waals surface area contributed by atoms with E-state index in [2.05, 4.69) is 10.6 Å². The smallest absolute Gasteiger partial charge is 0.253 e. The average Bonchev–Trinajstić information content (AvgIpc) is 2.55. The van der Waals surface area contributed by atoms with Gasteiger partial charge in [-0.2, -0.15) is 0 Å². The molecule has 0 aromatic heterocycles. The van der Waals surface area contributed by atoms with Crippen LogP contribution >= 0.6 is 11.6 Å². The van der Waals surface area contributed by atoms with Crippen molar-refractivity contribution in [3.63, 3.8) is 0 Å². The monoisotopic (exact) mass is 332 g/mol. The van der Waals surface area contributed by atoms with Crippen LogP contribution < -0.4 is 15.4 Å². The summed E-state index contributed by atoms with van der Waals surface area (Å²) in [6.07, 6.45) is 0. The zero-order valence-electron chi connectivity index (χ0n) is 13.4. The third-order valence-electron chi connectivity index (χ3n) is 3.28. The lowest BCUT2D eigenvalue weighted by atomic mass is 10.1. The molecule has 0 aliphatic rings. The maximum Gasteiger partial charge on any atom is 0.253 e. The standard InChI is InChI=1S/C18H21ClN2O2/c1-3-20-18(22)16-11-14(19)7-10-17(16)21-12-13-5-8-15(9-6-13)23-4-2/h5-11,21H,3-4,12H2,1-2H3,(H,20,22). The first-order valence-corrected chi connectivity index (χ1v) is 8.05. The minimum absolute atomic E-state index is 0.135. The summed E-state index contributed by atoms with van der Waals surface area (Å²) in [4.78, 5) is 12.1. The Bertz CT molecular complexity index is 657. The van der Waals surface area contributed by atoms with Gasteiger partial charge in [0.15, 0.2) is 0 Å². The molecule has 0 saturated carbocycles. The van der Waals surface area contributed by atoms with E-state index in [1.165, 1.54) is 0 Å². The SMILES string of the molecule is CCNC(=O)c1cc(Cl)ccc1NCc1ccc(OCC)cc1. The molecule has 2 N–H and O–H groups in total. The Kier molecular flexibility index (Phi) is 6.29. The number of rotatable bonds is 7. The topological polar surface area (TPSA) is 50.4 Å². The molecule has 0 unspecified atom stereocenters. The molecule has 0 atom stereocenters. The van der Waals surface area contributed by atoms with Gasteiger partial charge in [-0.3, -0.25) is 4.79 Å². The number of carbonyl (C=O) groups is 1. The van der Waals surface area contributed by atoms with E-state index in [9.17, 15) is 4.79 Å². The Morgan fingerprint density at radius 1 is 1.13 bits per heavy atom. The highest BCUT2D eigenvalue weighted by Gasteiger charge is 2.11. The van der Waals surface area contributed by atoms with E-state index in [0.717, 1.165) is 17.0 Å². The minimum Gasteiger partial charge on any atom is -0.494 e. The van der Waals surface area contributed by atoms with Crippen LogP contribution in [0.4, 0.5) is 5.69 Å². The largest absolute Gasteiger partial charge is 0.494 e. The molecule has 1 amide bonds. The molecule has 122 valence electrons. The number of halogens is 1. The number of hydrogen-bond acceptors (Lipinski definition) is 3. The molecule has 0 heterocycles. The highest BCUT2D eigenvalue weighted by molar-refractivity contribution is 6.31. The van der Waals surface area contributed by atoms with E-state index in [0.29, 0.717) is 30.3 Å². The predicted octanol–water partition coefficient (Wildman–Crippen LogP) is 4.10. The fraction of sp³-hybridized carbons (Fsp3) is 0.278. The van der Waals surface area contributed by atoms with E-state index in [1.807, 2.05) is 44.2 Å². The van der Waals surface area contributed by atoms with Gasteiger partial charge in [-0.1, -0.05) is 23.7 Å². The molecule has 0 aliphatic heterocycles. The van der Waals surface area contributed by atoms with Crippen molar-refractivity contribution in [2.75, 3.05) is 18.5 Å². The van der Waals surface area contributed by atoms with Crippen molar-refractivity contribution in [2.24, 2.45) is 0 Å². The molecule has 0 aliphatic carbocycles. The first-order chi connectivity index (χ1) is 11.1. The lowest BCUT2D eigenvalue weighted by molar-refractivity contribution is 0.0956. The minimum atomic E-state index is -0.135. The first kappa shape index (κ1) is 17.2. The van der Waals surface area contributed by atoms with Crippen LogP contribution in [-0.4, -0.2) is 19.1 Å². The Hall–Kier alpha value is -2.20. The molecule has 0 radical (unpaired) electrons. The van der Waals surface area contributed by atoms with E-state index in [1.54, 1.807) is 12.1 Å². The van der Waals surface area contributed by atoms with Crippen LogP contribution in [0.15, 0.2) is 42.5 Å². The average molecular weight is 333 g/mol. The molecular formula is C18H21ClN2O2. The van der Waals surface area contributed by atoms with E-state index in [-0.39, 0.29) is 5.91 Å². The summed E-state index contributed by atoms with van der Waals surface area (Å²) in [6.45, 7) is 5.68. The molecule has 2 aromatic rings. The molecule has 0 fully saturated rings. The number of benzene rings is 2. The second-order valence-corrected chi connectivity index (χ2v) is 5.42. The summed E-state index contributed by atoms with van der Waals surface area (Å²) in [5.41, 5.74) is 2.41. The maximum atomic E-state index is 12.1. The van der Waals surface area contributed by atoms with Gasteiger partial charge >= 0.3 is 0 Å². The van der Waals surface area contributed by atoms with Crippen LogP contribution in [0.25, 0.3) is 0 Å². The number of ether oxygens (including phenoxy) is 1. The third kappa shape index (κ3) is 4.89. The second-order valence-electron chi connectivity index (χ2n) is 4.98.